The Labute approximate surface area is 195 Å². The second kappa shape index (κ2) is 8.76. The Morgan fingerprint density at radius 3 is 2.53 bits per heavy atom. The number of hydrogen-bond acceptors (Lipinski definition) is 8. The Balaban J connectivity index is 1.73. The number of hydrogen-bond donors (Lipinski definition) is 1. The average Bonchev–Trinajstić information content (AvgIpc) is 3.44. The summed E-state index contributed by atoms with van der Waals surface area (Å²) >= 11 is 0.835. The minimum absolute atomic E-state index is 0.0238. The molecule has 0 spiro atoms. The van der Waals surface area contributed by atoms with E-state index in [-0.39, 0.29) is 32.7 Å². The van der Waals surface area contributed by atoms with Crippen LogP contribution in [-0.2, 0) is 23.2 Å². The molecular formula is C20H13F3N6O3S2. The summed E-state index contributed by atoms with van der Waals surface area (Å²) in [4.78, 5) is 3.52. The van der Waals surface area contributed by atoms with Crippen LogP contribution in [0.5, 0.6) is 11.5 Å². The first-order valence-corrected chi connectivity index (χ1v) is 11.6. The van der Waals surface area contributed by atoms with Gasteiger partial charge in [0.05, 0.1) is 21.7 Å². The Morgan fingerprint density at radius 2 is 1.91 bits per heavy atom. The molecule has 0 atom stereocenters. The third-order valence-corrected chi connectivity index (χ3v) is 6.63. The number of benzene rings is 2. The summed E-state index contributed by atoms with van der Waals surface area (Å²) in [6.07, 6.45) is -1.98. The number of aryl methyl sites for hydroxylation is 1. The lowest BCUT2D eigenvalue weighted by Crippen LogP contribution is -2.13. The predicted octanol–water partition coefficient (Wildman–Crippen LogP) is 4.42. The number of sulfonamides is 1. The smallest absolute Gasteiger partial charge is 0.416 e. The van der Waals surface area contributed by atoms with Gasteiger partial charge in [-0.25, -0.2) is 13.4 Å². The SMILES string of the molecule is Cn1nccc1-c1cc(C(F)(F)F)ccc1Oc1ccc(S(=O)(=O)Nc2ncns2)cc1C#N. The Bertz CT molecular complexity index is 1490. The van der Waals surface area contributed by atoms with Crippen molar-refractivity contribution >= 4 is 26.7 Å². The van der Waals surface area contributed by atoms with Gasteiger partial charge in [0.2, 0.25) is 5.13 Å². The zero-order chi connectivity index (χ0) is 24.5. The molecule has 0 amide bonds. The lowest BCUT2D eigenvalue weighted by molar-refractivity contribution is -0.137. The number of ether oxygens (including phenoxy) is 1. The van der Waals surface area contributed by atoms with Gasteiger partial charge in [0.1, 0.15) is 23.9 Å². The molecule has 0 fully saturated rings. The number of nitrogens with zero attached hydrogens (tertiary/aromatic N) is 5. The van der Waals surface area contributed by atoms with Crippen LogP contribution in [0.25, 0.3) is 11.3 Å². The molecule has 2 heterocycles. The van der Waals surface area contributed by atoms with Crippen LogP contribution in [-0.4, -0.2) is 27.6 Å². The maximum absolute atomic E-state index is 13.3. The Hall–Kier alpha value is -3.96. The van der Waals surface area contributed by atoms with Crippen molar-refractivity contribution in [3.63, 3.8) is 0 Å². The molecule has 0 unspecified atom stereocenters. The highest BCUT2D eigenvalue weighted by Crippen LogP contribution is 2.39. The van der Waals surface area contributed by atoms with Gasteiger partial charge in [-0.15, -0.1) is 0 Å². The minimum Gasteiger partial charge on any atom is -0.455 e. The molecule has 0 aliphatic rings. The van der Waals surface area contributed by atoms with Gasteiger partial charge in [0, 0.05) is 30.3 Å². The van der Waals surface area contributed by atoms with Crippen LogP contribution in [0.4, 0.5) is 18.3 Å². The van der Waals surface area contributed by atoms with E-state index in [2.05, 4.69) is 19.2 Å². The molecule has 1 N–H and O–H groups in total. The third-order valence-electron chi connectivity index (χ3n) is 4.59. The van der Waals surface area contributed by atoms with Gasteiger partial charge in [0.15, 0.2) is 0 Å². The topological polar surface area (TPSA) is 123 Å². The van der Waals surface area contributed by atoms with E-state index in [4.69, 9.17) is 4.74 Å². The highest BCUT2D eigenvalue weighted by Gasteiger charge is 2.32. The summed E-state index contributed by atoms with van der Waals surface area (Å²) in [5.74, 6) is -0.0174. The van der Waals surface area contributed by atoms with Gasteiger partial charge in [-0.1, -0.05) is 0 Å². The van der Waals surface area contributed by atoms with E-state index in [0.29, 0.717) is 5.69 Å². The molecule has 4 aromatic rings. The molecule has 0 aliphatic carbocycles. The highest BCUT2D eigenvalue weighted by molar-refractivity contribution is 7.93. The second-order valence-electron chi connectivity index (χ2n) is 6.77. The van der Waals surface area contributed by atoms with E-state index in [1.54, 1.807) is 7.05 Å². The first kappa shape index (κ1) is 23.2. The number of nitriles is 1. The van der Waals surface area contributed by atoms with E-state index in [9.17, 15) is 26.9 Å². The maximum atomic E-state index is 13.3. The van der Waals surface area contributed by atoms with Crippen LogP contribution in [0.3, 0.4) is 0 Å². The second-order valence-corrected chi connectivity index (χ2v) is 9.23. The van der Waals surface area contributed by atoms with Crippen LogP contribution < -0.4 is 9.46 Å². The third kappa shape index (κ3) is 4.70. The van der Waals surface area contributed by atoms with E-state index in [1.807, 2.05) is 6.07 Å². The molecule has 0 bridgehead atoms. The van der Waals surface area contributed by atoms with E-state index < -0.39 is 21.8 Å². The predicted molar refractivity (Wildman–Crippen MR) is 116 cm³/mol. The standard InChI is InChI=1S/C20H13F3N6O3S2/c1-29-16(6-7-26-29)15-9-13(20(21,22)23)2-4-18(15)32-17-5-3-14(8-12(17)10-24)34(30,31)28-19-25-11-27-33-19/h2-9,11H,1H3,(H,25,27,28). The van der Waals surface area contributed by atoms with Crippen LogP contribution in [0.2, 0.25) is 0 Å². The van der Waals surface area contributed by atoms with Crippen molar-refractivity contribution in [1.82, 2.24) is 19.1 Å². The molecule has 34 heavy (non-hydrogen) atoms. The molecule has 0 saturated heterocycles. The average molecular weight is 506 g/mol. The van der Waals surface area contributed by atoms with Crippen LogP contribution in [0.1, 0.15) is 11.1 Å². The van der Waals surface area contributed by atoms with Crippen molar-refractivity contribution in [2.45, 2.75) is 11.1 Å². The summed E-state index contributed by atoms with van der Waals surface area (Å²) in [7, 11) is -2.50. The Morgan fingerprint density at radius 1 is 1.15 bits per heavy atom. The Kier molecular flexibility index (Phi) is 5.98. The van der Waals surface area contributed by atoms with E-state index in [0.717, 1.165) is 35.8 Å². The molecule has 0 radical (unpaired) electrons. The lowest BCUT2D eigenvalue weighted by atomic mass is 10.1. The summed E-state index contributed by atoms with van der Waals surface area (Å²) < 4.78 is 78.2. The molecule has 9 nitrogen and oxygen atoms in total. The zero-order valence-electron chi connectivity index (χ0n) is 17.1. The lowest BCUT2D eigenvalue weighted by Gasteiger charge is -2.16. The number of aromatic nitrogens is 4. The minimum atomic E-state index is -4.58. The molecule has 2 aromatic carbocycles. The normalized spacial score (nSPS) is 11.7. The van der Waals surface area contributed by atoms with E-state index >= 15 is 0 Å². The van der Waals surface area contributed by atoms with Crippen molar-refractivity contribution in [3.8, 4) is 28.8 Å². The molecule has 0 aliphatic heterocycles. The summed E-state index contributed by atoms with van der Waals surface area (Å²) in [6.45, 7) is 0. The number of rotatable bonds is 6. The molecule has 4 rings (SSSR count). The molecule has 0 saturated carbocycles. The summed E-state index contributed by atoms with van der Waals surface area (Å²) in [5.41, 5.74) is -0.592. The van der Waals surface area contributed by atoms with Crippen LogP contribution >= 0.6 is 11.5 Å². The van der Waals surface area contributed by atoms with Gasteiger partial charge in [-0.3, -0.25) is 9.40 Å². The number of nitrogens with one attached hydrogen (secondary N) is 1. The largest absolute Gasteiger partial charge is 0.455 e. The van der Waals surface area contributed by atoms with Gasteiger partial charge >= 0.3 is 6.18 Å². The monoisotopic (exact) mass is 506 g/mol. The van der Waals surface area contributed by atoms with Crippen molar-refractivity contribution < 1.29 is 26.3 Å². The van der Waals surface area contributed by atoms with Crippen molar-refractivity contribution in [2.75, 3.05) is 4.72 Å². The van der Waals surface area contributed by atoms with Crippen molar-refractivity contribution in [2.24, 2.45) is 7.05 Å². The van der Waals surface area contributed by atoms with Gasteiger partial charge in [-0.05, 0) is 42.5 Å². The molecular weight excluding hydrogens is 493 g/mol. The van der Waals surface area contributed by atoms with Gasteiger partial charge in [0.25, 0.3) is 10.0 Å². The maximum Gasteiger partial charge on any atom is 0.416 e. The fraction of sp³-hybridized carbons (Fsp3) is 0.100. The fourth-order valence-electron chi connectivity index (χ4n) is 3.00. The molecule has 174 valence electrons. The van der Waals surface area contributed by atoms with Crippen LogP contribution in [0.15, 0.2) is 59.9 Å². The first-order valence-electron chi connectivity index (χ1n) is 9.29. The van der Waals surface area contributed by atoms with Crippen molar-refractivity contribution in [3.05, 3.63) is 66.1 Å². The number of anilines is 1. The first-order chi connectivity index (χ1) is 16.1. The van der Waals surface area contributed by atoms with Crippen LogP contribution in [0, 0.1) is 11.3 Å². The number of halogens is 3. The van der Waals surface area contributed by atoms with Crippen molar-refractivity contribution in [1.29, 1.82) is 5.26 Å². The fourth-order valence-corrected chi connectivity index (χ4v) is 4.68. The van der Waals surface area contributed by atoms with Gasteiger partial charge < -0.3 is 4.74 Å². The number of alkyl halides is 3. The summed E-state index contributed by atoms with van der Waals surface area (Å²) in [6, 6.07) is 9.81. The van der Waals surface area contributed by atoms with Gasteiger partial charge in [-0.2, -0.15) is 27.9 Å². The molecule has 14 heteroatoms. The quantitative estimate of drug-likeness (QED) is 0.411. The van der Waals surface area contributed by atoms with E-state index in [1.165, 1.54) is 35.4 Å². The summed E-state index contributed by atoms with van der Waals surface area (Å²) in [5, 5.41) is 13.6. The highest BCUT2D eigenvalue weighted by atomic mass is 32.2. The molecule has 2 aromatic heterocycles. The zero-order valence-corrected chi connectivity index (χ0v) is 18.7.